The second-order valence-corrected chi connectivity index (χ2v) is 4.02. The smallest absolute Gasteiger partial charge is 0.398 e. The van der Waals surface area contributed by atoms with E-state index >= 15 is 0 Å². The van der Waals surface area contributed by atoms with Crippen molar-refractivity contribution < 1.29 is 31.1 Å². The van der Waals surface area contributed by atoms with Crippen LogP contribution in [0.3, 0.4) is 0 Å². The van der Waals surface area contributed by atoms with Gasteiger partial charge in [0.1, 0.15) is 0 Å². The Bertz CT molecular complexity index is 482. The van der Waals surface area contributed by atoms with E-state index in [1.54, 1.807) is 0 Å². The van der Waals surface area contributed by atoms with Crippen LogP contribution in [-0.2, 0) is 0 Å². The van der Waals surface area contributed by atoms with Crippen LogP contribution >= 0.6 is 11.6 Å². The quantitative estimate of drug-likeness (QED) is 0.512. The number of nitrogens with two attached hydrogens (primary N) is 1. The highest BCUT2D eigenvalue weighted by Gasteiger charge is 2.60. The minimum atomic E-state index is -5.73. The predicted octanol–water partition coefficient (Wildman–Crippen LogP) is 3.85. The van der Waals surface area contributed by atoms with Crippen molar-refractivity contribution in [3.8, 4) is 0 Å². The van der Waals surface area contributed by atoms with Gasteiger partial charge >= 0.3 is 12.4 Å². The molecule has 0 aliphatic rings. The Labute approximate surface area is 108 Å². The molecular formula is C10H6ClF6NO. The number of ketones is 1. The molecule has 0 unspecified atom stereocenters. The highest BCUT2D eigenvalue weighted by atomic mass is 35.5. The summed E-state index contributed by atoms with van der Waals surface area (Å²) in [6.45, 7) is 0. The van der Waals surface area contributed by atoms with E-state index in [0.29, 0.717) is 6.07 Å². The van der Waals surface area contributed by atoms with Gasteiger partial charge in [-0.25, -0.2) is 0 Å². The SMILES string of the molecule is Nc1ccc(C(=O)C(C(F)(F)F)C(F)(F)F)cc1Cl. The van der Waals surface area contributed by atoms with Crippen LogP contribution in [0.1, 0.15) is 10.4 Å². The predicted molar refractivity (Wildman–Crippen MR) is 55.8 cm³/mol. The first kappa shape index (κ1) is 15.6. The average molecular weight is 306 g/mol. The number of alkyl halides is 6. The molecule has 1 rings (SSSR count). The monoisotopic (exact) mass is 305 g/mol. The molecule has 0 saturated carbocycles. The third-order valence-corrected chi connectivity index (χ3v) is 2.53. The minimum Gasteiger partial charge on any atom is -0.398 e. The van der Waals surface area contributed by atoms with Gasteiger partial charge in [0.25, 0.3) is 0 Å². The Kier molecular flexibility index (Phi) is 4.04. The maximum atomic E-state index is 12.3. The summed E-state index contributed by atoms with van der Waals surface area (Å²) >= 11 is 5.45. The molecular weight excluding hydrogens is 300 g/mol. The van der Waals surface area contributed by atoms with Gasteiger partial charge in [-0.15, -0.1) is 0 Å². The second-order valence-electron chi connectivity index (χ2n) is 3.62. The molecule has 0 spiro atoms. The lowest BCUT2D eigenvalue weighted by molar-refractivity contribution is -0.264. The van der Waals surface area contributed by atoms with Crippen LogP contribution in [0.25, 0.3) is 0 Å². The molecule has 0 heterocycles. The van der Waals surface area contributed by atoms with Gasteiger partial charge in [0.05, 0.1) is 10.7 Å². The van der Waals surface area contributed by atoms with Crippen LogP contribution < -0.4 is 5.73 Å². The van der Waals surface area contributed by atoms with Crippen molar-refractivity contribution in [1.82, 2.24) is 0 Å². The van der Waals surface area contributed by atoms with Gasteiger partial charge in [0.15, 0.2) is 5.78 Å². The number of hydrogen-bond acceptors (Lipinski definition) is 2. The molecule has 0 amide bonds. The lowest BCUT2D eigenvalue weighted by Gasteiger charge is -2.21. The van der Waals surface area contributed by atoms with Gasteiger partial charge in [0.2, 0.25) is 5.92 Å². The lowest BCUT2D eigenvalue weighted by atomic mass is 9.96. The number of rotatable bonds is 2. The number of carbonyl (C=O) groups is 1. The largest absolute Gasteiger partial charge is 0.407 e. The van der Waals surface area contributed by atoms with Crippen molar-refractivity contribution in [3.05, 3.63) is 28.8 Å². The van der Waals surface area contributed by atoms with Gasteiger partial charge in [-0.1, -0.05) is 11.6 Å². The van der Waals surface area contributed by atoms with Crippen LogP contribution in [0.5, 0.6) is 0 Å². The summed E-state index contributed by atoms with van der Waals surface area (Å²) in [6.07, 6.45) is -11.5. The van der Waals surface area contributed by atoms with E-state index in [-0.39, 0.29) is 10.7 Å². The first-order valence-corrected chi connectivity index (χ1v) is 5.05. The average Bonchev–Trinajstić information content (AvgIpc) is 2.17. The van der Waals surface area contributed by atoms with Crippen LogP contribution in [0.2, 0.25) is 5.02 Å². The fourth-order valence-electron chi connectivity index (χ4n) is 1.33. The summed E-state index contributed by atoms with van der Waals surface area (Å²) in [5, 5.41) is -0.297. The number of hydrogen-bond donors (Lipinski definition) is 1. The molecule has 0 fully saturated rings. The van der Waals surface area contributed by atoms with Gasteiger partial charge in [0, 0.05) is 5.56 Å². The van der Waals surface area contributed by atoms with E-state index < -0.39 is 29.6 Å². The molecule has 9 heteroatoms. The zero-order valence-corrected chi connectivity index (χ0v) is 9.70. The second kappa shape index (κ2) is 4.92. The lowest BCUT2D eigenvalue weighted by Crippen LogP contribution is -2.42. The summed E-state index contributed by atoms with van der Waals surface area (Å²) < 4.78 is 74.0. The summed E-state index contributed by atoms with van der Waals surface area (Å²) in [4.78, 5) is 11.4. The van der Waals surface area contributed by atoms with Gasteiger partial charge in [-0.3, -0.25) is 4.79 Å². The number of benzene rings is 1. The van der Waals surface area contributed by atoms with Crippen LogP contribution in [0.15, 0.2) is 18.2 Å². The van der Waals surface area contributed by atoms with Crippen LogP contribution in [-0.4, -0.2) is 18.1 Å². The first-order chi connectivity index (χ1) is 8.44. The molecule has 2 nitrogen and oxygen atoms in total. The Balaban J connectivity index is 3.24. The number of anilines is 1. The molecule has 2 N–H and O–H groups in total. The van der Waals surface area contributed by atoms with Crippen molar-refractivity contribution in [2.75, 3.05) is 5.73 Å². The third-order valence-electron chi connectivity index (χ3n) is 2.20. The molecule has 106 valence electrons. The Hall–Kier alpha value is -1.44. The topological polar surface area (TPSA) is 43.1 Å². The van der Waals surface area contributed by atoms with E-state index in [9.17, 15) is 31.1 Å². The summed E-state index contributed by atoms with van der Waals surface area (Å²) in [5.41, 5.74) is 4.38. The maximum absolute atomic E-state index is 12.3. The molecule has 0 saturated heterocycles. The summed E-state index contributed by atoms with van der Waals surface area (Å²) in [5.74, 6) is -6.21. The van der Waals surface area contributed by atoms with E-state index in [2.05, 4.69) is 0 Å². The zero-order valence-electron chi connectivity index (χ0n) is 8.94. The van der Waals surface area contributed by atoms with Gasteiger partial charge < -0.3 is 5.73 Å². The molecule has 0 bridgehead atoms. The molecule has 1 aromatic rings. The molecule has 0 radical (unpaired) electrons. The molecule has 0 aromatic heterocycles. The molecule has 0 aliphatic heterocycles. The van der Waals surface area contributed by atoms with E-state index in [4.69, 9.17) is 17.3 Å². The Morgan fingerprint density at radius 2 is 1.58 bits per heavy atom. The van der Waals surface area contributed by atoms with E-state index in [1.807, 2.05) is 0 Å². The Morgan fingerprint density at radius 3 is 1.95 bits per heavy atom. The fraction of sp³-hybridized carbons (Fsp3) is 0.300. The zero-order chi connectivity index (χ0) is 15.0. The van der Waals surface area contributed by atoms with Gasteiger partial charge in [-0.2, -0.15) is 26.3 Å². The number of Topliss-reactive ketones (excluding diaryl/α,β-unsaturated/α-hetero) is 1. The fourth-order valence-corrected chi connectivity index (χ4v) is 1.51. The van der Waals surface area contributed by atoms with Crippen molar-refractivity contribution in [1.29, 1.82) is 0 Å². The maximum Gasteiger partial charge on any atom is 0.407 e. The van der Waals surface area contributed by atoms with Crippen molar-refractivity contribution in [3.63, 3.8) is 0 Å². The van der Waals surface area contributed by atoms with Crippen LogP contribution in [0.4, 0.5) is 32.0 Å². The third kappa shape index (κ3) is 3.52. The normalized spacial score (nSPS) is 12.8. The van der Waals surface area contributed by atoms with E-state index in [1.165, 1.54) is 0 Å². The molecule has 1 aromatic carbocycles. The number of carbonyl (C=O) groups excluding carboxylic acids is 1. The molecule has 19 heavy (non-hydrogen) atoms. The molecule has 0 atom stereocenters. The Morgan fingerprint density at radius 1 is 1.11 bits per heavy atom. The highest BCUT2D eigenvalue weighted by Crippen LogP contribution is 2.41. The number of halogens is 7. The highest BCUT2D eigenvalue weighted by molar-refractivity contribution is 6.33. The first-order valence-electron chi connectivity index (χ1n) is 4.67. The van der Waals surface area contributed by atoms with Gasteiger partial charge in [-0.05, 0) is 18.2 Å². The molecule has 0 aliphatic carbocycles. The van der Waals surface area contributed by atoms with Crippen molar-refractivity contribution in [2.45, 2.75) is 12.4 Å². The van der Waals surface area contributed by atoms with E-state index in [0.717, 1.165) is 12.1 Å². The number of nitrogen functional groups attached to an aromatic ring is 1. The van der Waals surface area contributed by atoms with Crippen molar-refractivity contribution in [2.24, 2.45) is 5.92 Å². The summed E-state index contributed by atoms with van der Waals surface area (Å²) in [6, 6.07) is 2.39. The van der Waals surface area contributed by atoms with Crippen molar-refractivity contribution >= 4 is 23.1 Å². The van der Waals surface area contributed by atoms with Crippen LogP contribution in [0, 0.1) is 5.92 Å². The summed E-state index contributed by atoms with van der Waals surface area (Å²) in [7, 11) is 0. The standard InChI is InChI=1S/C10H6ClF6NO/c11-5-3-4(1-2-6(5)18)7(19)8(9(12,13)14)10(15,16)17/h1-3,8H,18H2. The minimum absolute atomic E-state index is 0.0613.